The van der Waals surface area contributed by atoms with Crippen molar-refractivity contribution >= 4 is 23.5 Å². The zero-order valence-electron chi connectivity index (χ0n) is 6.09. The van der Waals surface area contributed by atoms with Gasteiger partial charge in [-0.05, 0) is 23.6 Å². The van der Waals surface area contributed by atoms with Crippen LogP contribution in [-0.2, 0) is 12.2 Å². The summed E-state index contributed by atoms with van der Waals surface area (Å²) >= 11 is 4.03. The number of hydrogen-bond acceptors (Lipinski definition) is 2. The van der Waals surface area contributed by atoms with Gasteiger partial charge in [-0.2, -0.15) is 0 Å². The second kappa shape index (κ2) is 2.20. The van der Waals surface area contributed by atoms with Gasteiger partial charge in [-0.1, -0.05) is 6.07 Å². The molecule has 2 heteroatoms. The predicted octanol–water partition coefficient (Wildman–Crippen LogP) is 2.94. The van der Waals surface area contributed by atoms with Crippen molar-refractivity contribution in [2.45, 2.75) is 22.0 Å². The lowest BCUT2D eigenvalue weighted by atomic mass is 10.1. The molecule has 0 aliphatic carbocycles. The maximum atomic E-state index is 2.30. The van der Waals surface area contributed by atoms with E-state index in [0.29, 0.717) is 0 Å². The van der Waals surface area contributed by atoms with Crippen molar-refractivity contribution in [2.24, 2.45) is 0 Å². The third kappa shape index (κ3) is 0.798. The third-order valence-corrected chi connectivity index (χ3v) is 4.64. The molecule has 2 aliphatic rings. The highest BCUT2D eigenvalue weighted by molar-refractivity contribution is 8.00. The van der Waals surface area contributed by atoms with Gasteiger partial charge in [-0.25, -0.2) is 0 Å². The highest BCUT2D eigenvalue weighted by Gasteiger charge is 2.23. The molecule has 0 saturated carbocycles. The lowest BCUT2D eigenvalue weighted by molar-refractivity contribution is 1.02. The van der Waals surface area contributed by atoms with Crippen LogP contribution in [0.15, 0.2) is 21.9 Å². The molecule has 0 amide bonds. The highest BCUT2D eigenvalue weighted by atomic mass is 32.2. The Hall–Kier alpha value is -0.0800. The van der Waals surface area contributed by atoms with Gasteiger partial charge in [0.15, 0.2) is 0 Å². The number of thioether (sulfide) groups is 2. The molecule has 0 nitrogen and oxygen atoms in total. The van der Waals surface area contributed by atoms with E-state index in [4.69, 9.17) is 0 Å². The molecule has 0 atom stereocenters. The van der Waals surface area contributed by atoms with Crippen LogP contribution in [0.25, 0.3) is 0 Å². The van der Waals surface area contributed by atoms with Crippen LogP contribution in [0.3, 0.4) is 0 Å². The summed E-state index contributed by atoms with van der Waals surface area (Å²) in [7, 11) is 0. The fraction of sp³-hybridized carbons (Fsp3) is 0.333. The third-order valence-electron chi connectivity index (χ3n) is 2.28. The fourth-order valence-corrected chi connectivity index (χ4v) is 3.80. The van der Waals surface area contributed by atoms with Gasteiger partial charge in [0.25, 0.3) is 0 Å². The standard InChI is InChI=1S/C9H8S2/c1-2-8-7(3-4-10-8)9-6(1)5-11-9/h1-2H,3-5H2. The Bertz CT molecular complexity index is 318. The second-order valence-electron chi connectivity index (χ2n) is 2.92. The summed E-state index contributed by atoms with van der Waals surface area (Å²) in [6.45, 7) is 0. The van der Waals surface area contributed by atoms with Crippen LogP contribution in [0.1, 0.15) is 11.1 Å². The number of hydrogen-bond donors (Lipinski definition) is 0. The fourth-order valence-electron chi connectivity index (χ4n) is 1.66. The Morgan fingerprint density at radius 1 is 1.18 bits per heavy atom. The molecule has 3 rings (SSSR count). The molecule has 0 radical (unpaired) electrons. The zero-order chi connectivity index (χ0) is 7.26. The maximum absolute atomic E-state index is 2.30. The molecule has 1 aromatic rings. The average molecular weight is 180 g/mol. The van der Waals surface area contributed by atoms with Crippen molar-refractivity contribution in [3.05, 3.63) is 23.3 Å². The van der Waals surface area contributed by atoms with Crippen molar-refractivity contribution in [3.8, 4) is 0 Å². The van der Waals surface area contributed by atoms with Gasteiger partial charge in [0.05, 0.1) is 0 Å². The normalized spacial score (nSPS) is 18.9. The molecule has 2 heterocycles. The number of benzene rings is 1. The first-order valence-electron chi connectivity index (χ1n) is 3.85. The van der Waals surface area contributed by atoms with Gasteiger partial charge < -0.3 is 0 Å². The van der Waals surface area contributed by atoms with Gasteiger partial charge in [-0.3, -0.25) is 0 Å². The lowest BCUT2D eigenvalue weighted by Gasteiger charge is -2.20. The first kappa shape index (κ1) is 6.44. The summed E-state index contributed by atoms with van der Waals surface area (Å²) < 4.78 is 0. The molecule has 0 unspecified atom stereocenters. The molecule has 56 valence electrons. The summed E-state index contributed by atoms with van der Waals surface area (Å²) in [6.07, 6.45) is 1.30. The van der Waals surface area contributed by atoms with Crippen LogP contribution < -0.4 is 0 Å². The molecule has 2 aliphatic heterocycles. The number of fused-ring (bicyclic) bond motifs is 3. The first-order valence-corrected chi connectivity index (χ1v) is 5.82. The van der Waals surface area contributed by atoms with E-state index in [1.54, 1.807) is 16.0 Å². The molecule has 0 saturated heterocycles. The average Bonchev–Trinajstić information content (AvgIpc) is 2.34. The Morgan fingerprint density at radius 3 is 3.00 bits per heavy atom. The molecular weight excluding hydrogens is 172 g/mol. The van der Waals surface area contributed by atoms with Crippen LogP contribution in [-0.4, -0.2) is 5.75 Å². The molecule has 0 aromatic heterocycles. The summed E-state index contributed by atoms with van der Waals surface area (Å²) in [5.41, 5.74) is 3.22. The van der Waals surface area contributed by atoms with E-state index in [1.807, 2.05) is 23.5 Å². The van der Waals surface area contributed by atoms with Crippen LogP contribution in [0.5, 0.6) is 0 Å². The van der Waals surface area contributed by atoms with Crippen molar-refractivity contribution in [1.82, 2.24) is 0 Å². The highest BCUT2D eigenvalue weighted by Crippen LogP contribution is 2.46. The first-order chi connectivity index (χ1) is 5.45. The van der Waals surface area contributed by atoms with E-state index in [0.717, 1.165) is 0 Å². The van der Waals surface area contributed by atoms with Crippen molar-refractivity contribution in [2.75, 3.05) is 5.75 Å². The van der Waals surface area contributed by atoms with E-state index in [2.05, 4.69) is 12.1 Å². The minimum absolute atomic E-state index is 1.24. The summed E-state index contributed by atoms with van der Waals surface area (Å²) in [4.78, 5) is 3.14. The van der Waals surface area contributed by atoms with E-state index < -0.39 is 0 Å². The summed E-state index contributed by atoms with van der Waals surface area (Å²) in [6, 6.07) is 4.59. The maximum Gasteiger partial charge on any atom is 0.0243 e. The van der Waals surface area contributed by atoms with Crippen molar-refractivity contribution in [3.63, 3.8) is 0 Å². The minimum atomic E-state index is 1.24. The van der Waals surface area contributed by atoms with Gasteiger partial charge >= 0.3 is 0 Å². The lowest BCUT2D eigenvalue weighted by Crippen LogP contribution is -2.00. The monoisotopic (exact) mass is 180 g/mol. The van der Waals surface area contributed by atoms with Crippen LogP contribution in [0.4, 0.5) is 0 Å². The van der Waals surface area contributed by atoms with Gasteiger partial charge in [0.2, 0.25) is 0 Å². The SMILES string of the molecule is c1cc2c(c3c1CS3)CCS2. The molecular formula is C9H8S2. The Labute approximate surface area is 74.8 Å². The van der Waals surface area contributed by atoms with Gasteiger partial charge in [0.1, 0.15) is 0 Å². The topological polar surface area (TPSA) is 0 Å². The second-order valence-corrected chi connectivity index (χ2v) is 5.04. The Kier molecular flexibility index (Phi) is 1.29. The van der Waals surface area contributed by atoms with Crippen LogP contribution in [0.2, 0.25) is 0 Å². The molecule has 11 heavy (non-hydrogen) atoms. The Morgan fingerprint density at radius 2 is 2.18 bits per heavy atom. The molecule has 0 spiro atoms. The zero-order valence-corrected chi connectivity index (χ0v) is 7.73. The molecule has 0 fully saturated rings. The Balaban J connectivity index is 2.28. The summed E-state index contributed by atoms with van der Waals surface area (Å²) in [5.74, 6) is 2.54. The predicted molar refractivity (Wildman–Crippen MR) is 50.4 cm³/mol. The van der Waals surface area contributed by atoms with Gasteiger partial charge in [-0.15, -0.1) is 23.5 Å². The van der Waals surface area contributed by atoms with Crippen molar-refractivity contribution < 1.29 is 0 Å². The number of rotatable bonds is 0. The summed E-state index contributed by atoms with van der Waals surface area (Å²) in [5, 5.41) is 0. The largest absolute Gasteiger partial charge is 0.125 e. The molecule has 0 bridgehead atoms. The van der Waals surface area contributed by atoms with E-state index in [1.165, 1.54) is 22.8 Å². The van der Waals surface area contributed by atoms with E-state index in [9.17, 15) is 0 Å². The van der Waals surface area contributed by atoms with Crippen LogP contribution in [0, 0.1) is 0 Å². The van der Waals surface area contributed by atoms with Crippen molar-refractivity contribution in [1.29, 1.82) is 0 Å². The molecule has 1 aromatic carbocycles. The molecule has 0 N–H and O–H groups in total. The van der Waals surface area contributed by atoms with Gasteiger partial charge in [0, 0.05) is 21.3 Å². The van der Waals surface area contributed by atoms with E-state index >= 15 is 0 Å². The van der Waals surface area contributed by atoms with Crippen LogP contribution >= 0.6 is 23.5 Å². The minimum Gasteiger partial charge on any atom is -0.125 e. The smallest absolute Gasteiger partial charge is 0.0243 e. The van der Waals surface area contributed by atoms with E-state index in [-0.39, 0.29) is 0 Å². The quantitative estimate of drug-likeness (QED) is 0.602.